The lowest BCUT2D eigenvalue weighted by Gasteiger charge is -2.14. The van der Waals surface area contributed by atoms with Crippen molar-refractivity contribution in [3.8, 4) is 6.07 Å². The van der Waals surface area contributed by atoms with Gasteiger partial charge in [-0.3, -0.25) is 4.68 Å². The molecule has 0 saturated heterocycles. The van der Waals surface area contributed by atoms with E-state index in [0.717, 1.165) is 11.3 Å². The smallest absolute Gasteiger partial charge is 0.101 e. The molecular weight excluding hydrogens is 226 g/mol. The first kappa shape index (κ1) is 12.0. The molecule has 92 valence electrons. The third kappa shape index (κ3) is 2.43. The predicted molar refractivity (Wildman–Crippen MR) is 70.8 cm³/mol. The fourth-order valence-corrected chi connectivity index (χ4v) is 1.74. The summed E-state index contributed by atoms with van der Waals surface area (Å²) in [6.45, 7) is 2.04. The molecule has 2 rings (SSSR count). The van der Waals surface area contributed by atoms with E-state index in [2.05, 4.69) is 16.5 Å². The van der Waals surface area contributed by atoms with Gasteiger partial charge >= 0.3 is 0 Å². The molecule has 0 aliphatic rings. The van der Waals surface area contributed by atoms with Crippen molar-refractivity contribution in [2.24, 2.45) is 7.05 Å². The Kier molecular flexibility index (Phi) is 3.20. The Balaban J connectivity index is 2.17. The number of anilines is 2. The summed E-state index contributed by atoms with van der Waals surface area (Å²) >= 11 is 0. The van der Waals surface area contributed by atoms with Crippen molar-refractivity contribution in [2.75, 3.05) is 11.1 Å². The maximum Gasteiger partial charge on any atom is 0.101 e. The first-order valence-corrected chi connectivity index (χ1v) is 5.65. The molecule has 1 atom stereocenters. The van der Waals surface area contributed by atoms with Gasteiger partial charge in [-0.25, -0.2) is 0 Å². The monoisotopic (exact) mass is 241 g/mol. The summed E-state index contributed by atoms with van der Waals surface area (Å²) in [7, 11) is 1.88. The molecule has 1 heterocycles. The first-order chi connectivity index (χ1) is 8.60. The van der Waals surface area contributed by atoms with Gasteiger partial charge in [0.15, 0.2) is 0 Å². The molecule has 0 saturated carbocycles. The van der Waals surface area contributed by atoms with Crippen LogP contribution < -0.4 is 11.1 Å². The van der Waals surface area contributed by atoms with Crippen molar-refractivity contribution in [3.63, 3.8) is 0 Å². The Labute approximate surface area is 106 Å². The summed E-state index contributed by atoms with van der Waals surface area (Å²) in [5, 5.41) is 16.4. The maximum atomic E-state index is 8.93. The van der Waals surface area contributed by atoms with Gasteiger partial charge in [0.1, 0.15) is 6.07 Å². The van der Waals surface area contributed by atoms with E-state index in [1.165, 1.54) is 0 Å². The number of nitriles is 1. The highest BCUT2D eigenvalue weighted by molar-refractivity contribution is 5.62. The molecule has 0 bridgehead atoms. The van der Waals surface area contributed by atoms with E-state index in [-0.39, 0.29) is 6.04 Å². The first-order valence-electron chi connectivity index (χ1n) is 5.65. The highest BCUT2D eigenvalue weighted by Gasteiger charge is 2.08. The van der Waals surface area contributed by atoms with Crippen molar-refractivity contribution in [1.29, 1.82) is 5.26 Å². The Morgan fingerprint density at radius 1 is 1.50 bits per heavy atom. The third-order valence-corrected chi connectivity index (χ3v) is 2.78. The largest absolute Gasteiger partial charge is 0.398 e. The number of nitrogens with zero attached hydrogens (tertiary/aromatic N) is 3. The van der Waals surface area contributed by atoms with Crippen LogP contribution in [0.4, 0.5) is 11.4 Å². The second-order valence-electron chi connectivity index (χ2n) is 4.23. The highest BCUT2D eigenvalue weighted by atomic mass is 15.2. The van der Waals surface area contributed by atoms with Gasteiger partial charge in [0.25, 0.3) is 0 Å². The van der Waals surface area contributed by atoms with Crippen LogP contribution in [0.25, 0.3) is 0 Å². The lowest BCUT2D eigenvalue weighted by Crippen LogP contribution is -2.06. The number of aromatic nitrogens is 2. The zero-order chi connectivity index (χ0) is 13.1. The fraction of sp³-hybridized carbons (Fsp3) is 0.231. The molecule has 1 aromatic carbocycles. The zero-order valence-electron chi connectivity index (χ0n) is 10.4. The van der Waals surface area contributed by atoms with E-state index in [0.29, 0.717) is 11.3 Å². The van der Waals surface area contributed by atoms with E-state index >= 15 is 0 Å². The van der Waals surface area contributed by atoms with Crippen LogP contribution in [0.1, 0.15) is 24.1 Å². The Hall–Kier alpha value is -2.48. The summed E-state index contributed by atoms with van der Waals surface area (Å²) in [6, 6.07) is 7.54. The number of hydrogen-bond acceptors (Lipinski definition) is 4. The van der Waals surface area contributed by atoms with E-state index in [1.807, 2.05) is 32.4 Å². The van der Waals surface area contributed by atoms with Crippen LogP contribution in [-0.4, -0.2) is 9.78 Å². The summed E-state index contributed by atoms with van der Waals surface area (Å²) in [4.78, 5) is 0. The fourth-order valence-electron chi connectivity index (χ4n) is 1.74. The third-order valence-electron chi connectivity index (χ3n) is 2.78. The topological polar surface area (TPSA) is 79.7 Å². The van der Waals surface area contributed by atoms with Gasteiger partial charge in [0, 0.05) is 30.2 Å². The minimum absolute atomic E-state index is 0.119. The second kappa shape index (κ2) is 4.80. The van der Waals surface area contributed by atoms with E-state index in [9.17, 15) is 0 Å². The quantitative estimate of drug-likeness (QED) is 0.806. The van der Waals surface area contributed by atoms with E-state index < -0.39 is 0 Å². The van der Waals surface area contributed by atoms with Crippen molar-refractivity contribution in [1.82, 2.24) is 9.78 Å². The van der Waals surface area contributed by atoms with Gasteiger partial charge in [-0.05, 0) is 25.1 Å². The lowest BCUT2D eigenvalue weighted by molar-refractivity contribution is 0.765. The molecule has 0 fully saturated rings. The van der Waals surface area contributed by atoms with Crippen LogP contribution in [0.2, 0.25) is 0 Å². The Morgan fingerprint density at radius 3 is 2.89 bits per heavy atom. The van der Waals surface area contributed by atoms with E-state index in [1.54, 1.807) is 16.8 Å². The van der Waals surface area contributed by atoms with Crippen LogP contribution in [-0.2, 0) is 7.05 Å². The molecule has 1 aromatic heterocycles. The van der Waals surface area contributed by atoms with Crippen LogP contribution >= 0.6 is 0 Å². The average molecular weight is 241 g/mol. The van der Waals surface area contributed by atoms with Gasteiger partial charge in [-0.1, -0.05) is 0 Å². The van der Waals surface area contributed by atoms with Gasteiger partial charge in [-0.15, -0.1) is 0 Å². The molecular formula is C13H15N5. The predicted octanol–water partition coefficient (Wildman–Crippen LogP) is 2.05. The summed E-state index contributed by atoms with van der Waals surface area (Å²) in [6.07, 6.45) is 3.78. The maximum absolute atomic E-state index is 8.93. The van der Waals surface area contributed by atoms with Crippen LogP contribution in [0.3, 0.4) is 0 Å². The number of hydrogen-bond donors (Lipinski definition) is 2. The number of aryl methyl sites for hydroxylation is 1. The molecule has 5 heteroatoms. The molecule has 3 N–H and O–H groups in total. The molecule has 0 radical (unpaired) electrons. The molecule has 0 spiro atoms. The van der Waals surface area contributed by atoms with Gasteiger partial charge in [0.05, 0.1) is 17.8 Å². The number of nitrogen functional groups attached to an aromatic ring is 1. The van der Waals surface area contributed by atoms with Crippen molar-refractivity contribution >= 4 is 11.4 Å². The van der Waals surface area contributed by atoms with E-state index in [4.69, 9.17) is 11.0 Å². The van der Waals surface area contributed by atoms with Gasteiger partial charge in [-0.2, -0.15) is 10.4 Å². The van der Waals surface area contributed by atoms with Crippen LogP contribution in [0.15, 0.2) is 30.6 Å². The van der Waals surface area contributed by atoms with Crippen molar-refractivity contribution < 1.29 is 0 Å². The molecule has 0 aliphatic carbocycles. The Morgan fingerprint density at radius 2 is 2.28 bits per heavy atom. The molecule has 1 unspecified atom stereocenters. The van der Waals surface area contributed by atoms with Gasteiger partial charge in [0.2, 0.25) is 0 Å². The number of benzene rings is 1. The average Bonchev–Trinajstić information content (AvgIpc) is 2.78. The minimum Gasteiger partial charge on any atom is -0.398 e. The molecule has 18 heavy (non-hydrogen) atoms. The number of nitrogens with one attached hydrogen (secondary N) is 1. The molecule has 5 nitrogen and oxygen atoms in total. The molecule has 2 aromatic rings. The SMILES string of the molecule is CC(Nc1ccc(N)c(C#N)c1)c1cnn(C)c1. The molecule has 0 aliphatic heterocycles. The summed E-state index contributed by atoms with van der Waals surface area (Å²) < 4.78 is 1.76. The summed E-state index contributed by atoms with van der Waals surface area (Å²) in [5.41, 5.74) is 8.63. The van der Waals surface area contributed by atoms with Crippen LogP contribution in [0.5, 0.6) is 0 Å². The lowest BCUT2D eigenvalue weighted by atomic mass is 10.1. The Bertz CT molecular complexity index is 594. The number of rotatable bonds is 3. The number of nitrogens with two attached hydrogens (primary N) is 1. The molecule has 0 amide bonds. The van der Waals surface area contributed by atoms with Gasteiger partial charge < -0.3 is 11.1 Å². The summed E-state index contributed by atoms with van der Waals surface area (Å²) in [5.74, 6) is 0. The second-order valence-corrected chi connectivity index (χ2v) is 4.23. The highest BCUT2D eigenvalue weighted by Crippen LogP contribution is 2.22. The van der Waals surface area contributed by atoms with Crippen molar-refractivity contribution in [2.45, 2.75) is 13.0 Å². The normalized spacial score (nSPS) is 11.8. The minimum atomic E-state index is 0.119. The van der Waals surface area contributed by atoms with Crippen LogP contribution in [0, 0.1) is 11.3 Å². The zero-order valence-corrected chi connectivity index (χ0v) is 10.4. The standard InChI is InChI=1S/C13H15N5/c1-9(11-7-16-18(2)8-11)17-12-3-4-13(15)10(5-12)6-14/h3-5,7-9,17H,15H2,1-2H3. The van der Waals surface area contributed by atoms with Crippen molar-refractivity contribution in [3.05, 3.63) is 41.7 Å².